The predicted octanol–water partition coefficient (Wildman–Crippen LogP) is 3.15. The molecule has 0 radical (unpaired) electrons. The van der Waals surface area contributed by atoms with Crippen LogP contribution in [0.5, 0.6) is 0 Å². The minimum absolute atomic E-state index is 0.0757. The normalized spacial score (nSPS) is 11.6. The van der Waals surface area contributed by atoms with E-state index < -0.39 is 0 Å². The summed E-state index contributed by atoms with van der Waals surface area (Å²) in [5, 5.41) is 8.25. The summed E-state index contributed by atoms with van der Waals surface area (Å²) in [6.07, 6.45) is 8.05. The van der Waals surface area contributed by atoms with Crippen molar-refractivity contribution in [3.63, 3.8) is 0 Å². The van der Waals surface area contributed by atoms with Crippen LogP contribution in [0.25, 0.3) is 11.0 Å². The standard InChI is InChI=1S/C19H26N6O/c1-13(2)17-10-15(16-11-22-25(14(3)4)18(16)23-17)19(26)21-6-5-8-24-9-7-20-12-24/h7,9-14H,5-6,8H2,1-4H3,(H,21,26). The first kappa shape index (κ1) is 18.1. The summed E-state index contributed by atoms with van der Waals surface area (Å²) < 4.78 is 3.87. The smallest absolute Gasteiger partial charge is 0.252 e. The summed E-state index contributed by atoms with van der Waals surface area (Å²) in [6, 6.07) is 2.08. The molecule has 0 unspecified atom stereocenters. The zero-order chi connectivity index (χ0) is 18.7. The van der Waals surface area contributed by atoms with Gasteiger partial charge in [-0.2, -0.15) is 5.10 Å². The molecule has 138 valence electrons. The van der Waals surface area contributed by atoms with E-state index in [-0.39, 0.29) is 17.9 Å². The van der Waals surface area contributed by atoms with Crippen molar-refractivity contribution in [2.75, 3.05) is 6.54 Å². The molecule has 7 heteroatoms. The number of pyridine rings is 1. The number of carbonyl (C=O) groups excluding carboxylic acids is 1. The number of imidazole rings is 1. The van der Waals surface area contributed by atoms with Crippen LogP contribution in [-0.4, -0.2) is 36.8 Å². The fraction of sp³-hybridized carbons (Fsp3) is 0.474. The van der Waals surface area contributed by atoms with Gasteiger partial charge in [-0.15, -0.1) is 0 Å². The number of hydrogen-bond acceptors (Lipinski definition) is 4. The molecule has 3 rings (SSSR count). The Morgan fingerprint density at radius 1 is 1.27 bits per heavy atom. The average Bonchev–Trinajstić information content (AvgIpc) is 3.26. The molecule has 3 aromatic heterocycles. The van der Waals surface area contributed by atoms with Gasteiger partial charge in [0.15, 0.2) is 5.65 Å². The van der Waals surface area contributed by atoms with Crippen LogP contribution in [0.4, 0.5) is 0 Å². The highest BCUT2D eigenvalue weighted by Crippen LogP contribution is 2.24. The van der Waals surface area contributed by atoms with Crippen LogP contribution in [0, 0.1) is 0 Å². The Balaban J connectivity index is 1.79. The summed E-state index contributed by atoms with van der Waals surface area (Å²) in [7, 11) is 0. The van der Waals surface area contributed by atoms with Gasteiger partial charge in [0.05, 0.1) is 23.5 Å². The van der Waals surface area contributed by atoms with E-state index in [2.05, 4.69) is 43.1 Å². The molecule has 0 aliphatic heterocycles. The third-order valence-electron chi connectivity index (χ3n) is 4.35. The van der Waals surface area contributed by atoms with Crippen LogP contribution in [-0.2, 0) is 6.54 Å². The summed E-state index contributed by atoms with van der Waals surface area (Å²) in [4.78, 5) is 21.5. The summed E-state index contributed by atoms with van der Waals surface area (Å²) >= 11 is 0. The second-order valence-corrected chi connectivity index (χ2v) is 7.08. The van der Waals surface area contributed by atoms with Crippen molar-refractivity contribution in [3.05, 3.63) is 42.2 Å². The number of carbonyl (C=O) groups is 1. The lowest BCUT2D eigenvalue weighted by Crippen LogP contribution is -2.25. The molecule has 0 fully saturated rings. The number of hydrogen-bond donors (Lipinski definition) is 1. The molecule has 0 spiro atoms. The molecular weight excluding hydrogens is 328 g/mol. The highest BCUT2D eigenvalue weighted by Gasteiger charge is 2.18. The molecule has 0 saturated heterocycles. The highest BCUT2D eigenvalue weighted by molar-refractivity contribution is 6.05. The van der Waals surface area contributed by atoms with Crippen LogP contribution >= 0.6 is 0 Å². The van der Waals surface area contributed by atoms with E-state index in [1.165, 1.54) is 0 Å². The van der Waals surface area contributed by atoms with E-state index in [4.69, 9.17) is 4.98 Å². The SMILES string of the molecule is CC(C)c1cc(C(=O)NCCCn2ccnc2)c2cnn(C(C)C)c2n1. The number of nitrogens with one attached hydrogen (secondary N) is 1. The summed E-state index contributed by atoms with van der Waals surface area (Å²) in [5.41, 5.74) is 2.33. The van der Waals surface area contributed by atoms with Crippen molar-refractivity contribution in [1.82, 2.24) is 29.6 Å². The van der Waals surface area contributed by atoms with Gasteiger partial charge < -0.3 is 9.88 Å². The van der Waals surface area contributed by atoms with Gasteiger partial charge in [-0.05, 0) is 32.3 Å². The molecule has 0 saturated carbocycles. The first-order valence-corrected chi connectivity index (χ1v) is 9.09. The van der Waals surface area contributed by atoms with Crippen LogP contribution in [0.15, 0.2) is 31.0 Å². The van der Waals surface area contributed by atoms with Gasteiger partial charge in [0.2, 0.25) is 0 Å². The molecule has 0 aromatic carbocycles. The lowest BCUT2D eigenvalue weighted by molar-refractivity contribution is 0.0954. The van der Waals surface area contributed by atoms with Gasteiger partial charge in [-0.3, -0.25) is 4.79 Å². The van der Waals surface area contributed by atoms with Crippen molar-refractivity contribution in [1.29, 1.82) is 0 Å². The molecule has 1 amide bonds. The van der Waals surface area contributed by atoms with Gasteiger partial charge in [0.1, 0.15) is 0 Å². The number of rotatable bonds is 7. The fourth-order valence-corrected chi connectivity index (χ4v) is 2.88. The van der Waals surface area contributed by atoms with Crippen molar-refractivity contribution in [3.8, 4) is 0 Å². The number of amides is 1. The van der Waals surface area contributed by atoms with Crippen LogP contribution in [0.2, 0.25) is 0 Å². The van der Waals surface area contributed by atoms with Crippen LogP contribution in [0.3, 0.4) is 0 Å². The van der Waals surface area contributed by atoms with Gasteiger partial charge in [-0.25, -0.2) is 14.6 Å². The predicted molar refractivity (Wildman–Crippen MR) is 101 cm³/mol. The topological polar surface area (TPSA) is 77.6 Å². The zero-order valence-electron chi connectivity index (χ0n) is 15.8. The Morgan fingerprint density at radius 2 is 2.08 bits per heavy atom. The van der Waals surface area contributed by atoms with E-state index in [0.29, 0.717) is 12.1 Å². The number of aromatic nitrogens is 5. The van der Waals surface area contributed by atoms with E-state index in [0.717, 1.165) is 29.7 Å². The first-order chi connectivity index (χ1) is 12.5. The third-order valence-corrected chi connectivity index (χ3v) is 4.35. The monoisotopic (exact) mass is 354 g/mol. The molecule has 0 aliphatic carbocycles. The molecule has 3 heterocycles. The molecule has 3 aromatic rings. The first-order valence-electron chi connectivity index (χ1n) is 9.09. The van der Waals surface area contributed by atoms with Crippen molar-refractivity contribution < 1.29 is 4.79 Å². The molecule has 7 nitrogen and oxygen atoms in total. The maximum Gasteiger partial charge on any atom is 0.252 e. The minimum Gasteiger partial charge on any atom is -0.352 e. The van der Waals surface area contributed by atoms with Gasteiger partial charge in [0.25, 0.3) is 5.91 Å². The Bertz CT molecular complexity index is 879. The molecular formula is C19H26N6O. The zero-order valence-corrected chi connectivity index (χ0v) is 15.8. The lowest BCUT2D eigenvalue weighted by atomic mass is 10.0. The second-order valence-electron chi connectivity index (χ2n) is 7.08. The summed E-state index contributed by atoms with van der Waals surface area (Å²) in [6.45, 7) is 9.72. The Morgan fingerprint density at radius 3 is 2.73 bits per heavy atom. The minimum atomic E-state index is -0.0757. The Kier molecular flexibility index (Phi) is 5.35. The number of fused-ring (bicyclic) bond motifs is 1. The molecule has 1 N–H and O–H groups in total. The van der Waals surface area contributed by atoms with E-state index >= 15 is 0 Å². The third kappa shape index (κ3) is 3.76. The number of nitrogens with zero attached hydrogens (tertiary/aromatic N) is 5. The van der Waals surface area contributed by atoms with Crippen molar-refractivity contribution >= 4 is 16.9 Å². The van der Waals surface area contributed by atoms with Gasteiger partial charge in [0, 0.05) is 37.2 Å². The van der Waals surface area contributed by atoms with E-state index in [9.17, 15) is 4.79 Å². The summed E-state index contributed by atoms with van der Waals surface area (Å²) in [5.74, 6) is 0.163. The molecule has 26 heavy (non-hydrogen) atoms. The molecule has 0 atom stereocenters. The maximum absolute atomic E-state index is 12.8. The fourth-order valence-electron chi connectivity index (χ4n) is 2.88. The highest BCUT2D eigenvalue weighted by atomic mass is 16.1. The van der Waals surface area contributed by atoms with Crippen molar-refractivity contribution in [2.45, 2.75) is 52.6 Å². The van der Waals surface area contributed by atoms with E-state index in [1.54, 1.807) is 18.7 Å². The maximum atomic E-state index is 12.8. The second kappa shape index (κ2) is 7.68. The Labute approximate surface area is 153 Å². The van der Waals surface area contributed by atoms with Crippen molar-refractivity contribution in [2.24, 2.45) is 0 Å². The largest absolute Gasteiger partial charge is 0.352 e. The molecule has 0 aliphatic rings. The average molecular weight is 354 g/mol. The van der Waals surface area contributed by atoms with Gasteiger partial charge >= 0.3 is 0 Å². The van der Waals surface area contributed by atoms with Crippen LogP contribution < -0.4 is 5.32 Å². The Hall–Kier alpha value is -2.70. The molecule has 0 bridgehead atoms. The lowest BCUT2D eigenvalue weighted by Gasteiger charge is -2.12. The number of aryl methyl sites for hydroxylation is 1. The van der Waals surface area contributed by atoms with Crippen LogP contribution in [0.1, 0.15) is 62.1 Å². The quantitative estimate of drug-likeness (QED) is 0.661. The van der Waals surface area contributed by atoms with Gasteiger partial charge in [-0.1, -0.05) is 13.8 Å². The van der Waals surface area contributed by atoms with E-state index in [1.807, 2.05) is 21.5 Å².